The van der Waals surface area contributed by atoms with Crippen LogP contribution < -0.4 is 9.47 Å². The predicted octanol–water partition coefficient (Wildman–Crippen LogP) is 3.70. The van der Waals surface area contributed by atoms with Gasteiger partial charge in [-0.2, -0.15) is 0 Å². The maximum Gasteiger partial charge on any atom is 0.177 e. The largest absolute Gasteiger partial charge is 0.493 e. The topological polar surface area (TPSA) is 35.5 Å². The molecule has 4 heteroatoms. The summed E-state index contributed by atoms with van der Waals surface area (Å²) in [6, 6.07) is 14.8. The first kappa shape index (κ1) is 14.4. The van der Waals surface area contributed by atoms with Crippen molar-refractivity contribution in [1.29, 1.82) is 0 Å². The highest BCUT2D eigenvalue weighted by Crippen LogP contribution is 2.29. The normalized spacial score (nSPS) is 10.1. The van der Waals surface area contributed by atoms with Crippen molar-refractivity contribution >= 4 is 17.4 Å². The smallest absolute Gasteiger partial charge is 0.177 e. The molecule has 0 radical (unpaired) electrons. The lowest BCUT2D eigenvalue weighted by atomic mass is 10.1. The Balaban J connectivity index is 2.18. The van der Waals surface area contributed by atoms with E-state index in [2.05, 4.69) is 0 Å². The van der Waals surface area contributed by atoms with Crippen LogP contribution in [0.5, 0.6) is 11.5 Å². The van der Waals surface area contributed by atoms with Gasteiger partial charge < -0.3 is 9.47 Å². The zero-order valence-corrected chi connectivity index (χ0v) is 11.9. The minimum atomic E-state index is -0.140. The van der Waals surface area contributed by atoms with E-state index in [1.165, 1.54) is 0 Å². The number of halogens is 1. The van der Waals surface area contributed by atoms with Gasteiger partial charge in [-0.15, -0.1) is 11.6 Å². The van der Waals surface area contributed by atoms with Crippen LogP contribution >= 0.6 is 11.6 Å². The molecule has 104 valence electrons. The Bertz CT molecular complexity index is 582. The number of ketones is 1. The summed E-state index contributed by atoms with van der Waals surface area (Å²) in [5, 5.41) is 0. The average Bonchev–Trinajstić information content (AvgIpc) is 2.52. The fourth-order valence-electron chi connectivity index (χ4n) is 1.78. The fraction of sp³-hybridized carbons (Fsp3) is 0.188. The van der Waals surface area contributed by atoms with Gasteiger partial charge in [0.1, 0.15) is 6.61 Å². The number of hydrogen-bond donors (Lipinski definition) is 0. The van der Waals surface area contributed by atoms with E-state index in [4.69, 9.17) is 21.1 Å². The summed E-state index contributed by atoms with van der Waals surface area (Å²) < 4.78 is 11.0. The maximum atomic E-state index is 11.6. The quantitative estimate of drug-likeness (QED) is 0.601. The van der Waals surface area contributed by atoms with Crippen LogP contribution in [0.1, 0.15) is 15.9 Å². The Morgan fingerprint density at radius 3 is 2.50 bits per heavy atom. The van der Waals surface area contributed by atoms with Crippen LogP contribution in [0.25, 0.3) is 0 Å². The molecule has 0 amide bonds. The first-order chi connectivity index (χ1) is 9.74. The van der Waals surface area contributed by atoms with Crippen LogP contribution in [0, 0.1) is 0 Å². The molecule has 2 aromatic rings. The number of hydrogen-bond acceptors (Lipinski definition) is 3. The number of rotatable bonds is 6. The molecule has 2 rings (SSSR count). The van der Waals surface area contributed by atoms with E-state index < -0.39 is 0 Å². The Kier molecular flexibility index (Phi) is 5.02. The van der Waals surface area contributed by atoms with Crippen molar-refractivity contribution in [2.45, 2.75) is 6.61 Å². The molecule has 0 aromatic heterocycles. The molecule has 0 bridgehead atoms. The van der Waals surface area contributed by atoms with Gasteiger partial charge in [-0.05, 0) is 23.8 Å². The van der Waals surface area contributed by atoms with E-state index in [1.807, 2.05) is 30.3 Å². The van der Waals surface area contributed by atoms with Gasteiger partial charge in [-0.25, -0.2) is 0 Å². The van der Waals surface area contributed by atoms with Crippen molar-refractivity contribution in [3.05, 3.63) is 59.7 Å². The molecule has 0 aliphatic heterocycles. The molecule has 0 heterocycles. The molecule has 0 aliphatic carbocycles. The Hall–Kier alpha value is -2.00. The van der Waals surface area contributed by atoms with Gasteiger partial charge in [-0.1, -0.05) is 30.3 Å². The minimum Gasteiger partial charge on any atom is -0.493 e. The predicted molar refractivity (Wildman–Crippen MR) is 78.8 cm³/mol. The lowest BCUT2D eigenvalue weighted by molar-refractivity contribution is 0.102. The zero-order valence-electron chi connectivity index (χ0n) is 11.1. The first-order valence-electron chi connectivity index (χ1n) is 6.18. The van der Waals surface area contributed by atoms with Crippen molar-refractivity contribution in [3.63, 3.8) is 0 Å². The molecule has 3 nitrogen and oxygen atoms in total. The Labute approximate surface area is 123 Å². The third-order valence-corrected chi connectivity index (χ3v) is 3.09. The third-order valence-electron chi connectivity index (χ3n) is 2.84. The van der Waals surface area contributed by atoms with Crippen LogP contribution in [0.3, 0.4) is 0 Å². The van der Waals surface area contributed by atoms with Gasteiger partial charge in [0.15, 0.2) is 17.3 Å². The Morgan fingerprint density at radius 1 is 1.10 bits per heavy atom. The van der Waals surface area contributed by atoms with Crippen LogP contribution in [-0.2, 0) is 6.61 Å². The van der Waals surface area contributed by atoms with Gasteiger partial charge in [0, 0.05) is 5.56 Å². The van der Waals surface area contributed by atoms with E-state index in [-0.39, 0.29) is 11.7 Å². The molecule has 0 atom stereocenters. The summed E-state index contributed by atoms with van der Waals surface area (Å²) in [7, 11) is 1.56. The van der Waals surface area contributed by atoms with E-state index in [9.17, 15) is 4.79 Å². The van der Waals surface area contributed by atoms with Crippen molar-refractivity contribution < 1.29 is 14.3 Å². The molecular weight excluding hydrogens is 276 g/mol. The number of Topliss-reactive ketones (excluding diaryl/α,β-unsaturated/α-hetero) is 1. The number of benzene rings is 2. The van der Waals surface area contributed by atoms with Crippen molar-refractivity contribution in [1.82, 2.24) is 0 Å². The molecule has 0 fully saturated rings. The lowest BCUT2D eigenvalue weighted by Crippen LogP contribution is -2.03. The van der Waals surface area contributed by atoms with E-state index in [0.717, 1.165) is 5.56 Å². The van der Waals surface area contributed by atoms with Gasteiger partial charge in [0.25, 0.3) is 0 Å². The highest BCUT2D eigenvalue weighted by Gasteiger charge is 2.10. The van der Waals surface area contributed by atoms with Crippen LogP contribution in [-0.4, -0.2) is 18.8 Å². The fourth-order valence-corrected chi connectivity index (χ4v) is 1.93. The van der Waals surface area contributed by atoms with Crippen LogP contribution in [0.4, 0.5) is 0 Å². The van der Waals surface area contributed by atoms with Crippen LogP contribution in [0.15, 0.2) is 48.5 Å². The number of alkyl halides is 1. The van der Waals surface area contributed by atoms with Gasteiger partial charge >= 0.3 is 0 Å². The molecular formula is C16H15ClO3. The summed E-state index contributed by atoms with van der Waals surface area (Å²) >= 11 is 5.56. The summed E-state index contributed by atoms with van der Waals surface area (Å²) in [4.78, 5) is 11.6. The van der Waals surface area contributed by atoms with E-state index >= 15 is 0 Å². The summed E-state index contributed by atoms with van der Waals surface area (Å²) in [5.41, 5.74) is 1.56. The molecule has 0 aliphatic rings. The standard InChI is InChI=1S/C16H15ClO3/c1-19-15-8-7-13(14(18)10-17)9-16(15)20-11-12-5-3-2-4-6-12/h2-9H,10-11H2,1H3. The number of ether oxygens (including phenoxy) is 2. The molecule has 0 spiro atoms. The summed E-state index contributed by atoms with van der Waals surface area (Å²) in [6.45, 7) is 0.412. The zero-order chi connectivity index (χ0) is 14.4. The first-order valence-corrected chi connectivity index (χ1v) is 6.72. The van der Waals surface area contributed by atoms with E-state index in [1.54, 1.807) is 25.3 Å². The molecule has 0 unspecified atom stereocenters. The highest BCUT2D eigenvalue weighted by molar-refractivity contribution is 6.30. The molecule has 0 saturated heterocycles. The van der Waals surface area contributed by atoms with Gasteiger partial charge in [-0.3, -0.25) is 4.79 Å². The highest BCUT2D eigenvalue weighted by atomic mass is 35.5. The number of carbonyl (C=O) groups is 1. The van der Waals surface area contributed by atoms with Crippen molar-refractivity contribution in [2.24, 2.45) is 0 Å². The third kappa shape index (κ3) is 3.52. The molecule has 0 N–H and O–H groups in total. The van der Waals surface area contributed by atoms with Crippen molar-refractivity contribution in [3.8, 4) is 11.5 Å². The molecule has 0 saturated carbocycles. The minimum absolute atomic E-state index is 0.0511. The Morgan fingerprint density at radius 2 is 1.85 bits per heavy atom. The number of carbonyl (C=O) groups excluding carboxylic acids is 1. The molecule has 2 aromatic carbocycles. The van der Waals surface area contributed by atoms with E-state index in [0.29, 0.717) is 23.7 Å². The lowest BCUT2D eigenvalue weighted by Gasteiger charge is -2.12. The monoisotopic (exact) mass is 290 g/mol. The van der Waals surface area contributed by atoms with Crippen molar-refractivity contribution in [2.75, 3.05) is 13.0 Å². The average molecular weight is 291 g/mol. The summed E-state index contributed by atoms with van der Waals surface area (Å²) in [6.07, 6.45) is 0. The van der Waals surface area contributed by atoms with Gasteiger partial charge in [0.2, 0.25) is 0 Å². The maximum absolute atomic E-state index is 11.6. The van der Waals surface area contributed by atoms with Crippen LogP contribution in [0.2, 0.25) is 0 Å². The number of methoxy groups -OCH3 is 1. The SMILES string of the molecule is COc1ccc(C(=O)CCl)cc1OCc1ccccc1. The second kappa shape index (κ2) is 6.96. The second-order valence-electron chi connectivity index (χ2n) is 4.20. The summed E-state index contributed by atoms with van der Waals surface area (Å²) in [5.74, 6) is 0.933. The molecule has 20 heavy (non-hydrogen) atoms. The second-order valence-corrected chi connectivity index (χ2v) is 4.46. The van der Waals surface area contributed by atoms with Gasteiger partial charge in [0.05, 0.1) is 13.0 Å².